The Labute approximate surface area is 133 Å². The highest BCUT2D eigenvalue weighted by Gasteiger charge is 2.54. The van der Waals surface area contributed by atoms with Gasteiger partial charge >= 0.3 is 0 Å². The molecule has 122 valence electrons. The number of piperidine rings is 1. The zero-order valence-corrected chi connectivity index (χ0v) is 13.4. The summed E-state index contributed by atoms with van der Waals surface area (Å²) in [6.45, 7) is 6.98. The lowest BCUT2D eigenvalue weighted by atomic mass is 9.86. The van der Waals surface area contributed by atoms with E-state index in [0.717, 1.165) is 43.6 Å². The molecular formula is C17H29N5. The van der Waals surface area contributed by atoms with E-state index in [-0.39, 0.29) is 0 Å². The second kappa shape index (κ2) is 5.55. The van der Waals surface area contributed by atoms with E-state index in [1.165, 1.54) is 38.9 Å². The number of hydrogen-bond donors (Lipinski definition) is 3. The lowest BCUT2D eigenvalue weighted by Gasteiger charge is -2.40. The summed E-state index contributed by atoms with van der Waals surface area (Å²) in [7, 11) is 0. The summed E-state index contributed by atoms with van der Waals surface area (Å²) < 4.78 is 0. The summed E-state index contributed by atoms with van der Waals surface area (Å²) >= 11 is 0. The van der Waals surface area contributed by atoms with Crippen molar-refractivity contribution in [3.63, 3.8) is 0 Å². The molecule has 4 heterocycles. The van der Waals surface area contributed by atoms with Gasteiger partial charge in [-0.05, 0) is 50.7 Å². The first kappa shape index (κ1) is 13.9. The number of rotatable bonds is 2. The maximum Gasteiger partial charge on any atom is 0.0554 e. The number of aliphatic imine (C=N–C) groups is 1. The van der Waals surface area contributed by atoms with Gasteiger partial charge in [-0.3, -0.25) is 9.89 Å². The van der Waals surface area contributed by atoms with Gasteiger partial charge in [0.05, 0.1) is 6.54 Å². The van der Waals surface area contributed by atoms with Gasteiger partial charge in [-0.2, -0.15) is 0 Å². The van der Waals surface area contributed by atoms with E-state index in [9.17, 15) is 0 Å². The van der Waals surface area contributed by atoms with Crippen LogP contribution in [0.25, 0.3) is 0 Å². The van der Waals surface area contributed by atoms with Crippen molar-refractivity contribution in [3.8, 4) is 0 Å². The molecule has 4 aliphatic heterocycles. The molecule has 0 radical (unpaired) electrons. The summed E-state index contributed by atoms with van der Waals surface area (Å²) in [6.07, 6.45) is 6.46. The first-order chi connectivity index (χ1) is 10.9. The first-order valence-electron chi connectivity index (χ1n) is 9.35. The molecule has 5 rings (SSSR count). The largest absolute Gasteiger partial charge is 0.316 e. The zero-order chi connectivity index (χ0) is 14.5. The molecule has 0 bridgehead atoms. The van der Waals surface area contributed by atoms with Crippen LogP contribution in [0.3, 0.4) is 0 Å². The third kappa shape index (κ3) is 2.25. The van der Waals surface area contributed by atoms with Gasteiger partial charge in [0.25, 0.3) is 0 Å². The summed E-state index contributed by atoms with van der Waals surface area (Å²) in [5.74, 6) is 2.41. The fourth-order valence-corrected chi connectivity index (χ4v) is 5.64. The van der Waals surface area contributed by atoms with Gasteiger partial charge in [0.2, 0.25) is 0 Å². The number of fused-ring (bicyclic) bond motifs is 2. The van der Waals surface area contributed by atoms with Crippen molar-refractivity contribution in [1.29, 1.82) is 0 Å². The van der Waals surface area contributed by atoms with Crippen LogP contribution in [-0.2, 0) is 0 Å². The Kier molecular flexibility index (Phi) is 3.51. The van der Waals surface area contributed by atoms with Crippen molar-refractivity contribution in [2.24, 2.45) is 22.7 Å². The van der Waals surface area contributed by atoms with Crippen molar-refractivity contribution in [2.45, 2.75) is 43.4 Å². The van der Waals surface area contributed by atoms with E-state index in [2.05, 4.69) is 27.1 Å². The molecule has 0 aromatic rings. The molecule has 0 spiro atoms. The minimum atomic E-state index is 0.565. The average molecular weight is 303 g/mol. The Morgan fingerprint density at radius 2 is 2.00 bits per heavy atom. The second-order valence-electron chi connectivity index (χ2n) is 7.95. The quantitative estimate of drug-likeness (QED) is 0.655. The molecule has 0 amide bonds. The third-order valence-corrected chi connectivity index (χ3v) is 6.82. The minimum Gasteiger partial charge on any atom is -0.316 e. The van der Waals surface area contributed by atoms with Crippen molar-refractivity contribution >= 4 is 6.21 Å². The van der Waals surface area contributed by atoms with E-state index >= 15 is 0 Å². The summed E-state index contributed by atoms with van der Waals surface area (Å²) in [5, 5.41) is 11.0. The Morgan fingerprint density at radius 1 is 1.05 bits per heavy atom. The number of piperazine rings is 1. The van der Waals surface area contributed by atoms with E-state index in [0.29, 0.717) is 18.0 Å². The third-order valence-electron chi connectivity index (χ3n) is 6.82. The Hall–Kier alpha value is -0.490. The van der Waals surface area contributed by atoms with Gasteiger partial charge in [-0.1, -0.05) is 0 Å². The van der Waals surface area contributed by atoms with E-state index in [1.54, 1.807) is 0 Å². The highest BCUT2D eigenvalue weighted by atomic mass is 15.3. The lowest BCUT2D eigenvalue weighted by Crippen LogP contribution is -2.62. The van der Waals surface area contributed by atoms with E-state index in [1.807, 2.05) is 0 Å². The lowest BCUT2D eigenvalue weighted by molar-refractivity contribution is 0.165. The second-order valence-corrected chi connectivity index (χ2v) is 7.95. The molecule has 5 nitrogen and oxygen atoms in total. The van der Waals surface area contributed by atoms with E-state index in [4.69, 9.17) is 4.99 Å². The molecule has 0 aromatic heterocycles. The molecule has 7 atom stereocenters. The van der Waals surface area contributed by atoms with Crippen molar-refractivity contribution in [3.05, 3.63) is 0 Å². The van der Waals surface area contributed by atoms with E-state index < -0.39 is 0 Å². The fraction of sp³-hybridized carbons (Fsp3) is 0.941. The van der Waals surface area contributed by atoms with Gasteiger partial charge in [-0.15, -0.1) is 0 Å². The molecule has 3 N–H and O–H groups in total. The monoisotopic (exact) mass is 303 g/mol. The summed E-state index contributed by atoms with van der Waals surface area (Å²) in [4.78, 5) is 7.57. The van der Waals surface area contributed by atoms with Crippen LogP contribution in [-0.4, -0.2) is 74.6 Å². The number of hydrogen-bond acceptors (Lipinski definition) is 5. The van der Waals surface area contributed by atoms with Gasteiger partial charge in [-0.25, -0.2) is 0 Å². The SMILES string of the molecule is C1=NCC2NCCNC2C1C1CC1N1CCC2CNCCC21. The topological polar surface area (TPSA) is 51.7 Å². The first-order valence-corrected chi connectivity index (χ1v) is 9.35. The predicted octanol–water partition coefficient (Wildman–Crippen LogP) is -0.311. The molecule has 3 saturated heterocycles. The fourth-order valence-electron chi connectivity index (χ4n) is 5.64. The zero-order valence-electron chi connectivity index (χ0n) is 13.4. The molecule has 7 unspecified atom stereocenters. The number of nitrogens with zero attached hydrogens (tertiary/aromatic N) is 2. The van der Waals surface area contributed by atoms with Crippen molar-refractivity contribution in [2.75, 3.05) is 39.3 Å². The predicted molar refractivity (Wildman–Crippen MR) is 88.4 cm³/mol. The number of likely N-dealkylation sites (tertiary alicyclic amines) is 1. The Balaban J connectivity index is 1.28. The van der Waals surface area contributed by atoms with Crippen LogP contribution in [0.4, 0.5) is 0 Å². The van der Waals surface area contributed by atoms with Gasteiger partial charge < -0.3 is 16.0 Å². The van der Waals surface area contributed by atoms with Crippen molar-refractivity contribution < 1.29 is 0 Å². The molecule has 22 heavy (non-hydrogen) atoms. The molecule has 1 saturated carbocycles. The number of nitrogens with one attached hydrogen (secondary N) is 3. The Morgan fingerprint density at radius 3 is 3.00 bits per heavy atom. The van der Waals surface area contributed by atoms with Crippen LogP contribution in [0, 0.1) is 17.8 Å². The highest BCUT2D eigenvalue weighted by molar-refractivity contribution is 5.65. The molecule has 0 aromatic carbocycles. The van der Waals surface area contributed by atoms with Crippen LogP contribution in [0.1, 0.15) is 19.3 Å². The smallest absolute Gasteiger partial charge is 0.0554 e. The highest BCUT2D eigenvalue weighted by Crippen LogP contribution is 2.47. The Bertz CT molecular complexity index is 452. The molecular weight excluding hydrogens is 274 g/mol. The van der Waals surface area contributed by atoms with Crippen molar-refractivity contribution in [1.82, 2.24) is 20.9 Å². The van der Waals surface area contributed by atoms with Crippen LogP contribution < -0.4 is 16.0 Å². The van der Waals surface area contributed by atoms with Crippen LogP contribution in [0.2, 0.25) is 0 Å². The van der Waals surface area contributed by atoms with Gasteiger partial charge in [0.15, 0.2) is 0 Å². The maximum atomic E-state index is 4.69. The van der Waals surface area contributed by atoms with Crippen LogP contribution in [0.15, 0.2) is 4.99 Å². The van der Waals surface area contributed by atoms with Gasteiger partial charge in [0, 0.05) is 49.4 Å². The molecule has 1 aliphatic carbocycles. The normalized spacial score (nSPS) is 51.4. The van der Waals surface area contributed by atoms with Crippen LogP contribution in [0.5, 0.6) is 0 Å². The molecule has 5 aliphatic rings. The average Bonchev–Trinajstić information content (AvgIpc) is 3.25. The molecule has 5 heteroatoms. The minimum absolute atomic E-state index is 0.565. The van der Waals surface area contributed by atoms with Gasteiger partial charge in [0.1, 0.15) is 0 Å². The summed E-state index contributed by atoms with van der Waals surface area (Å²) in [5.41, 5.74) is 0. The maximum absolute atomic E-state index is 4.69. The molecule has 4 fully saturated rings. The summed E-state index contributed by atoms with van der Waals surface area (Å²) in [6, 6.07) is 2.89. The standard InChI is InChI=1S/C17H29N5/c1-3-18-8-11-2-6-22(15(1)11)16-7-12(16)13-9-19-10-14-17(13)21-5-4-20-14/h9,11-18,20-21H,1-8,10H2. The van der Waals surface area contributed by atoms with Crippen LogP contribution >= 0.6 is 0 Å².